The third-order valence-corrected chi connectivity index (χ3v) is 4.88. The van der Waals surface area contributed by atoms with Gasteiger partial charge < -0.3 is 4.98 Å². The first-order chi connectivity index (χ1) is 10.8. The molecule has 1 saturated carbocycles. The molecule has 0 aliphatic heterocycles. The Bertz CT molecular complexity index is 743. The molecular weight excluding hydrogens is 294 g/mol. The van der Waals surface area contributed by atoms with E-state index in [0.29, 0.717) is 10.9 Å². The van der Waals surface area contributed by atoms with Crippen LogP contribution in [0.5, 0.6) is 0 Å². The standard InChI is InChI=1S/C17H17N3OS/c18-11-14-15(12-7-3-1-4-8-12)19-17(20-16(14)21)22-13-9-5-2-6-10-13/h2,5-6,9-10,12H,1,3-4,7-8H2,(H,19,20,21). The molecule has 1 aromatic carbocycles. The lowest BCUT2D eigenvalue weighted by molar-refractivity contribution is 0.433. The van der Waals surface area contributed by atoms with E-state index in [-0.39, 0.29) is 17.0 Å². The van der Waals surface area contributed by atoms with E-state index in [1.54, 1.807) is 0 Å². The molecule has 0 bridgehead atoms. The SMILES string of the molecule is N#Cc1c(C2CCCCC2)nc(Sc2ccccc2)[nH]c1=O. The fourth-order valence-corrected chi connectivity index (χ4v) is 3.70. The maximum absolute atomic E-state index is 12.2. The van der Waals surface area contributed by atoms with Crippen LogP contribution in [0.15, 0.2) is 45.2 Å². The van der Waals surface area contributed by atoms with Crippen molar-refractivity contribution in [1.82, 2.24) is 9.97 Å². The molecule has 22 heavy (non-hydrogen) atoms. The Morgan fingerprint density at radius 1 is 1.18 bits per heavy atom. The molecule has 0 radical (unpaired) electrons. The van der Waals surface area contributed by atoms with Crippen molar-refractivity contribution in [2.45, 2.75) is 48.1 Å². The minimum absolute atomic E-state index is 0.185. The molecule has 3 rings (SSSR count). The van der Waals surface area contributed by atoms with E-state index in [1.165, 1.54) is 18.2 Å². The molecule has 0 spiro atoms. The number of aromatic amines is 1. The summed E-state index contributed by atoms with van der Waals surface area (Å²) in [5.41, 5.74) is 0.546. The largest absolute Gasteiger partial charge is 0.300 e. The van der Waals surface area contributed by atoms with Crippen molar-refractivity contribution in [2.75, 3.05) is 0 Å². The summed E-state index contributed by atoms with van der Waals surface area (Å²) < 4.78 is 0. The summed E-state index contributed by atoms with van der Waals surface area (Å²) in [5, 5.41) is 9.86. The van der Waals surface area contributed by atoms with Crippen LogP contribution in [0.4, 0.5) is 0 Å². The fraction of sp³-hybridized carbons (Fsp3) is 0.353. The molecule has 1 N–H and O–H groups in total. The Labute approximate surface area is 133 Å². The predicted octanol–water partition coefficient (Wildman–Crippen LogP) is 3.84. The van der Waals surface area contributed by atoms with E-state index in [4.69, 9.17) is 0 Å². The van der Waals surface area contributed by atoms with Crippen LogP contribution in [-0.2, 0) is 0 Å². The Morgan fingerprint density at radius 3 is 2.59 bits per heavy atom. The van der Waals surface area contributed by atoms with Gasteiger partial charge in [0.05, 0.1) is 5.69 Å². The minimum atomic E-state index is -0.323. The van der Waals surface area contributed by atoms with E-state index in [0.717, 1.165) is 30.6 Å². The Hall–Kier alpha value is -2.06. The molecule has 5 heteroatoms. The molecule has 2 aromatic rings. The van der Waals surface area contributed by atoms with E-state index < -0.39 is 0 Å². The quantitative estimate of drug-likeness (QED) is 0.874. The second kappa shape index (κ2) is 6.80. The number of hydrogen-bond donors (Lipinski definition) is 1. The maximum atomic E-state index is 12.2. The number of nitrogens with zero attached hydrogens (tertiary/aromatic N) is 2. The van der Waals surface area contributed by atoms with E-state index >= 15 is 0 Å². The highest BCUT2D eigenvalue weighted by Gasteiger charge is 2.23. The zero-order chi connectivity index (χ0) is 15.4. The monoisotopic (exact) mass is 311 g/mol. The summed E-state index contributed by atoms with van der Waals surface area (Å²) in [4.78, 5) is 20.5. The topological polar surface area (TPSA) is 69.5 Å². The van der Waals surface area contributed by atoms with Gasteiger partial charge in [-0.25, -0.2) is 4.98 Å². The third kappa shape index (κ3) is 3.23. The van der Waals surface area contributed by atoms with Crippen LogP contribution < -0.4 is 5.56 Å². The second-order valence-corrected chi connectivity index (χ2v) is 6.56. The summed E-state index contributed by atoms with van der Waals surface area (Å²) in [6.07, 6.45) is 5.55. The molecule has 0 saturated heterocycles. The lowest BCUT2D eigenvalue weighted by atomic mass is 9.85. The molecule has 1 aromatic heterocycles. The number of hydrogen-bond acceptors (Lipinski definition) is 4. The molecule has 112 valence electrons. The average Bonchev–Trinajstić information content (AvgIpc) is 2.56. The molecule has 1 fully saturated rings. The van der Waals surface area contributed by atoms with Crippen LogP contribution in [0.2, 0.25) is 0 Å². The lowest BCUT2D eigenvalue weighted by Crippen LogP contribution is -2.20. The van der Waals surface area contributed by atoms with Gasteiger partial charge in [-0.2, -0.15) is 5.26 Å². The number of benzene rings is 1. The van der Waals surface area contributed by atoms with Crippen molar-refractivity contribution < 1.29 is 0 Å². The Kier molecular flexibility index (Phi) is 4.59. The van der Waals surface area contributed by atoms with E-state index in [2.05, 4.69) is 9.97 Å². The van der Waals surface area contributed by atoms with Gasteiger partial charge in [-0.05, 0) is 25.0 Å². The van der Waals surface area contributed by atoms with Crippen molar-refractivity contribution in [3.05, 3.63) is 51.9 Å². The van der Waals surface area contributed by atoms with Crippen molar-refractivity contribution >= 4 is 11.8 Å². The molecular formula is C17H17N3OS. The van der Waals surface area contributed by atoms with Crippen molar-refractivity contribution in [2.24, 2.45) is 0 Å². The van der Waals surface area contributed by atoms with Crippen molar-refractivity contribution in [3.63, 3.8) is 0 Å². The van der Waals surface area contributed by atoms with Gasteiger partial charge in [0.2, 0.25) is 0 Å². The highest BCUT2D eigenvalue weighted by Crippen LogP contribution is 2.33. The number of nitriles is 1. The van der Waals surface area contributed by atoms with Crippen LogP contribution in [0, 0.1) is 11.3 Å². The van der Waals surface area contributed by atoms with Gasteiger partial charge in [0.1, 0.15) is 11.6 Å². The number of nitrogens with one attached hydrogen (secondary N) is 1. The third-order valence-electron chi connectivity index (χ3n) is 3.99. The summed E-state index contributed by atoms with van der Waals surface area (Å²) in [5.74, 6) is 0.237. The molecule has 1 heterocycles. The van der Waals surface area contributed by atoms with Crippen LogP contribution in [-0.4, -0.2) is 9.97 Å². The van der Waals surface area contributed by atoms with E-state index in [9.17, 15) is 10.1 Å². The van der Waals surface area contributed by atoms with Gasteiger partial charge in [-0.1, -0.05) is 49.2 Å². The van der Waals surface area contributed by atoms with Gasteiger partial charge in [-0.3, -0.25) is 4.79 Å². The smallest absolute Gasteiger partial charge is 0.269 e. The van der Waals surface area contributed by atoms with Gasteiger partial charge in [0, 0.05) is 10.8 Å². The number of H-pyrrole nitrogens is 1. The zero-order valence-corrected chi connectivity index (χ0v) is 13.0. The van der Waals surface area contributed by atoms with Crippen LogP contribution in [0.1, 0.15) is 49.3 Å². The highest BCUT2D eigenvalue weighted by atomic mass is 32.2. The molecule has 1 aliphatic carbocycles. The average molecular weight is 311 g/mol. The Balaban J connectivity index is 1.97. The summed E-state index contributed by atoms with van der Waals surface area (Å²) in [7, 11) is 0. The van der Waals surface area contributed by atoms with Crippen LogP contribution >= 0.6 is 11.8 Å². The molecule has 4 nitrogen and oxygen atoms in total. The van der Waals surface area contributed by atoms with Crippen LogP contribution in [0.25, 0.3) is 0 Å². The highest BCUT2D eigenvalue weighted by molar-refractivity contribution is 7.99. The van der Waals surface area contributed by atoms with Crippen molar-refractivity contribution in [1.29, 1.82) is 5.26 Å². The number of aromatic nitrogens is 2. The van der Waals surface area contributed by atoms with Gasteiger partial charge >= 0.3 is 0 Å². The number of rotatable bonds is 3. The molecule has 1 aliphatic rings. The van der Waals surface area contributed by atoms with Gasteiger partial charge in [0.25, 0.3) is 5.56 Å². The summed E-state index contributed by atoms with van der Waals surface area (Å²) >= 11 is 1.42. The minimum Gasteiger partial charge on any atom is -0.300 e. The predicted molar refractivity (Wildman–Crippen MR) is 86.0 cm³/mol. The summed E-state index contributed by atoms with van der Waals surface area (Å²) in [6.45, 7) is 0. The Morgan fingerprint density at radius 2 is 1.91 bits per heavy atom. The first-order valence-corrected chi connectivity index (χ1v) is 8.37. The fourth-order valence-electron chi connectivity index (χ4n) is 2.90. The molecule has 0 atom stereocenters. The lowest BCUT2D eigenvalue weighted by Gasteiger charge is -2.21. The first kappa shape index (κ1) is 14.9. The second-order valence-electron chi connectivity index (χ2n) is 5.49. The molecule has 0 amide bonds. The van der Waals surface area contributed by atoms with Crippen molar-refractivity contribution in [3.8, 4) is 6.07 Å². The first-order valence-electron chi connectivity index (χ1n) is 7.55. The van der Waals surface area contributed by atoms with Gasteiger partial charge in [-0.15, -0.1) is 0 Å². The van der Waals surface area contributed by atoms with Gasteiger partial charge in [0.15, 0.2) is 5.16 Å². The zero-order valence-electron chi connectivity index (χ0n) is 12.2. The van der Waals surface area contributed by atoms with Crippen LogP contribution in [0.3, 0.4) is 0 Å². The van der Waals surface area contributed by atoms with E-state index in [1.807, 2.05) is 36.4 Å². The normalized spacial score (nSPS) is 15.4. The summed E-state index contributed by atoms with van der Waals surface area (Å²) in [6, 6.07) is 11.8. The maximum Gasteiger partial charge on any atom is 0.269 e. The molecule has 0 unspecified atom stereocenters.